The van der Waals surface area contributed by atoms with Crippen LogP contribution >= 0.6 is 0 Å². The van der Waals surface area contributed by atoms with E-state index in [9.17, 15) is 30.5 Å². The number of nitro groups is 1. The maximum atomic E-state index is 11.7. The quantitative estimate of drug-likeness (QED) is 0.0715. The van der Waals surface area contributed by atoms with Crippen molar-refractivity contribution in [3.63, 3.8) is 0 Å². The molecule has 2 heterocycles. The summed E-state index contributed by atoms with van der Waals surface area (Å²) in [6, 6.07) is 4.33. The van der Waals surface area contributed by atoms with E-state index in [0.717, 1.165) is 6.54 Å². The van der Waals surface area contributed by atoms with Crippen molar-refractivity contribution < 1.29 is 49.0 Å². The van der Waals surface area contributed by atoms with Gasteiger partial charge in [0, 0.05) is 18.8 Å². The molecule has 1 fully saturated rings. The lowest BCUT2D eigenvalue weighted by atomic mass is 9.99. The molecule has 0 bridgehead atoms. The van der Waals surface area contributed by atoms with Crippen molar-refractivity contribution in [2.24, 2.45) is 0 Å². The number of nitrogens with one attached hydrogen (secondary N) is 1. The minimum atomic E-state index is -1.69. The fraction of sp³-hybridized carbons (Fsp3) is 0.680. The molecule has 1 aromatic carbocycles. The normalized spacial score (nSPS) is 22.6. The summed E-state index contributed by atoms with van der Waals surface area (Å²) in [6.07, 6.45) is -4.95. The second-order valence-corrected chi connectivity index (χ2v) is 9.29. The Morgan fingerprint density at radius 2 is 1.73 bits per heavy atom. The molecule has 0 amide bonds. The van der Waals surface area contributed by atoms with Crippen LogP contribution in [0.5, 0.6) is 5.75 Å². The Hall–Kier alpha value is -2.80. The van der Waals surface area contributed by atoms with Gasteiger partial charge >= 0.3 is 5.69 Å². The van der Waals surface area contributed by atoms with Gasteiger partial charge in [0.1, 0.15) is 24.4 Å². The van der Waals surface area contributed by atoms with Crippen LogP contribution in [-0.2, 0) is 38.3 Å². The Balaban J connectivity index is 1.42. The third-order valence-corrected chi connectivity index (χ3v) is 6.27. The van der Waals surface area contributed by atoms with E-state index in [0.29, 0.717) is 70.3 Å². The number of aryl methyl sites for hydroxylation is 2. The SMILES string of the molecule is CNCCOCCOCCOCCn1cc(CCc2ccc(O[C@@H]3OC(CO)[C@@H](O)C(O)[C@@H]3O)c([N+](=O)[O-])c2)nn1. The largest absolute Gasteiger partial charge is 0.455 e. The van der Waals surface area contributed by atoms with E-state index < -0.39 is 42.2 Å². The van der Waals surface area contributed by atoms with E-state index in [2.05, 4.69) is 15.6 Å². The Morgan fingerprint density at radius 3 is 2.41 bits per heavy atom. The molecule has 41 heavy (non-hydrogen) atoms. The Kier molecular flexibility index (Phi) is 13.7. The summed E-state index contributed by atoms with van der Waals surface area (Å²) in [5, 5.41) is 62.3. The smallest absolute Gasteiger partial charge is 0.311 e. The molecule has 16 heteroatoms. The lowest BCUT2D eigenvalue weighted by molar-refractivity contribution is -0.387. The zero-order valence-electron chi connectivity index (χ0n) is 22.9. The van der Waals surface area contributed by atoms with Crippen molar-refractivity contribution >= 4 is 5.69 Å². The molecule has 0 spiro atoms. The van der Waals surface area contributed by atoms with Gasteiger partial charge in [-0.3, -0.25) is 10.1 Å². The van der Waals surface area contributed by atoms with Crippen molar-refractivity contribution in [1.29, 1.82) is 0 Å². The molecule has 230 valence electrons. The van der Waals surface area contributed by atoms with Gasteiger partial charge in [0.25, 0.3) is 0 Å². The fourth-order valence-electron chi connectivity index (χ4n) is 3.96. The van der Waals surface area contributed by atoms with E-state index >= 15 is 0 Å². The highest BCUT2D eigenvalue weighted by atomic mass is 16.7. The summed E-state index contributed by atoms with van der Waals surface area (Å²) < 4.78 is 28.8. The van der Waals surface area contributed by atoms with Gasteiger partial charge in [-0.05, 0) is 31.5 Å². The summed E-state index contributed by atoms with van der Waals surface area (Å²) in [5.41, 5.74) is 0.977. The Bertz CT molecular complexity index is 1060. The summed E-state index contributed by atoms with van der Waals surface area (Å²) in [7, 11) is 1.87. The van der Waals surface area contributed by atoms with Crippen LogP contribution in [0.25, 0.3) is 0 Å². The Labute approximate surface area is 236 Å². The van der Waals surface area contributed by atoms with Crippen molar-refractivity contribution in [3.8, 4) is 5.75 Å². The molecular weight excluding hydrogens is 546 g/mol. The topological polar surface area (TPSA) is 213 Å². The minimum absolute atomic E-state index is 0.197. The van der Waals surface area contributed by atoms with Crippen LogP contribution in [0, 0.1) is 10.1 Å². The first-order valence-electron chi connectivity index (χ1n) is 13.3. The molecule has 0 saturated carbocycles. The third-order valence-electron chi connectivity index (χ3n) is 6.27. The van der Waals surface area contributed by atoms with Crippen LogP contribution in [-0.4, -0.2) is 131 Å². The molecule has 2 aromatic rings. The lowest BCUT2D eigenvalue weighted by Crippen LogP contribution is -2.60. The first-order chi connectivity index (χ1) is 19.8. The van der Waals surface area contributed by atoms with Crippen LogP contribution in [0.2, 0.25) is 0 Å². The number of rotatable bonds is 19. The number of aliphatic hydroxyl groups is 4. The van der Waals surface area contributed by atoms with Crippen molar-refractivity contribution in [3.05, 3.63) is 45.8 Å². The molecule has 2 unspecified atom stereocenters. The highest BCUT2D eigenvalue weighted by Crippen LogP contribution is 2.32. The van der Waals surface area contributed by atoms with Crippen LogP contribution in [0.4, 0.5) is 5.69 Å². The van der Waals surface area contributed by atoms with Crippen LogP contribution < -0.4 is 10.1 Å². The third kappa shape index (κ3) is 10.2. The number of nitrogens with zero attached hydrogens (tertiary/aromatic N) is 4. The number of aromatic nitrogens is 3. The van der Waals surface area contributed by atoms with Crippen molar-refractivity contribution in [2.45, 2.75) is 50.1 Å². The zero-order chi connectivity index (χ0) is 29.6. The minimum Gasteiger partial charge on any atom is -0.455 e. The lowest BCUT2D eigenvalue weighted by Gasteiger charge is -2.39. The van der Waals surface area contributed by atoms with E-state index in [4.69, 9.17) is 23.7 Å². The molecule has 16 nitrogen and oxygen atoms in total. The number of nitro benzene ring substituents is 1. The zero-order valence-corrected chi connectivity index (χ0v) is 22.9. The maximum absolute atomic E-state index is 11.7. The summed E-state index contributed by atoms with van der Waals surface area (Å²) >= 11 is 0. The van der Waals surface area contributed by atoms with Crippen LogP contribution in [0.1, 0.15) is 11.3 Å². The van der Waals surface area contributed by atoms with Gasteiger partial charge in [0.15, 0.2) is 5.75 Å². The molecular formula is C25H39N5O11. The summed E-state index contributed by atoms with van der Waals surface area (Å²) in [5.74, 6) is -0.197. The van der Waals surface area contributed by atoms with E-state index in [-0.39, 0.29) is 11.4 Å². The van der Waals surface area contributed by atoms with Gasteiger partial charge in [-0.15, -0.1) is 5.10 Å². The molecule has 1 aliphatic rings. The molecule has 0 aliphatic carbocycles. The average Bonchev–Trinajstić information content (AvgIpc) is 3.43. The van der Waals surface area contributed by atoms with Crippen LogP contribution in [0.3, 0.4) is 0 Å². The Morgan fingerprint density at radius 1 is 1.02 bits per heavy atom. The average molecular weight is 586 g/mol. The molecule has 3 rings (SSSR count). The molecule has 0 radical (unpaired) electrons. The van der Waals surface area contributed by atoms with Gasteiger partial charge in [-0.2, -0.15) is 0 Å². The number of hydrogen-bond donors (Lipinski definition) is 5. The second-order valence-electron chi connectivity index (χ2n) is 9.29. The number of ether oxygens (including phenoxy) is 5. The van der Waals surface area contributed by atoms with Gasteiger partial charge < -0.3 is 49.4 Å². The van der Waals surface area contributed by atoms with Gasteiger partial charge in [-0.25, -0.2) is 4.68 Å². The van der Waals surface area contributed by atoms with E-state index in [1.54, 1.807) is 16.9 Å². The molecule has 5 atom stereocenters. The number of likely N-dealkylation sites (N-methyl/N-ethyl adjacent to an activating group) is 1. The predicted molar refractivity (Wildman–Crippen MR) is 141 cm³/mol. The van der Waals surface area contributed by atoms with Crippen molar-refractivity contribution in [2.75, 3.05) is 59.8 Å². The van der Waals surface area contributed by atoms with E-state index in [1.807, 2.05) is 7.05 Å². The van der Waals surface area contributed by atoms with Crippen molar-refractivity contribution in [1.82, 2.24) is 20.3 Å². The monoisotopic (exact) mass is 585 g/mol. The second kappa shape index (κ2) is 17.2. The summed E-state index contributed by atoms with van der Waals surface area (Å²) in [4.78, 5) is 11.1. The first-order valence-corrected chi connectivity index (χ1v) is 13.3. The first kappa shape index (κ1) is 32.7. The molecule has 1 saturated heterocycles. The highest BCUT2D eigenvalue weighted by Gasteiger charge is 2.45. The molecule has 1 aliphatic heterocycles. The fourth-order valence-corrected chi connectivity index (χ4v) is 3.96. The maximum Gasteiger partial charge on any atom is 0.311 e. The standard InChI is InChI=1S/C25H39N5O11/c1-26-6-8-37-10-12-39-13-11-38-9-7-29-15-18(27-28-29)4-2-17-3-5-20(19(14-17)30(35)36)40-25-24(34)23(33)22(32)21(16-31)41-25/h3,5,14-15,21-26,31-34H,2,4,6-13,16H2,1H3/t21?,22-,23?,24+,25-/m1/s1. The highest BCUT2D eigenvalue weighted by molar-refractivity contribution is 5.49. The number of hydrogen-bond acceptors (Lipinski definition) is 14. The van der Waals surface area contributed by atoms with Gasteiger partial charge in [-0.1, -0.05) is 11.3 Å². The molecule has 5 N–H and O–H groups in total. The van der Waals surface area contributed by atoms with Gasteiger partial charge in [0.2, 0.25) is 6.29 Å². The number of benzene rings is 1. The van der Waals surface area contributed by atoms with Crippen LogP contribution in [0.15, 0.2) is 24.4 Å². The molecule has 1 aromatic heterocycles. The van der Waals surface area contributed by atoms with E-state index in [1.165, 1.54) is 12.1 Å². The van der Waals surface area contributed by atoms with Gasteiger partial charge in [0.05, 0.1) is 63.4 Å². The number of aliphatic hydroxyl groups excluding tert-OH is 4. The summed E-state index contributed by atoms with van der Waals surface area (Å²) in [6.45, 7) is 3.72. The predicted octanol–water partition coefficient (Wildman–Crippen LogP) is -1.58.